The Bertz CT molecular complexity index is 494. The number of halogens is 1. The number of pyridine rings is 1. The molecule has 0 aliphatic heterocycles. The van der Waals surface area contributed by atoms with Crippen molar-refractivity contribution in [1.82, 2.24) is 4.98 Å². The largest absolute Gasteiger partial charge is 0.330 e. The zero-order valence-electron chi connectivity index (χ0n) is 8.63. The first-order valence-corrected chi connectivity index (χ1v) is 5.34. The van der Waals surface area contributed by atoms with Crippen molar-refractivity contribution >= 4 is 22.5 Å². The first-order valence-electron chi connectivity index (χ1n) is 4.96. The monoisotopic (exact) mass is 220 g/mol. The number of aromatic nitrogens is 1. The molecule has 2 rings (SSSR count). The van der Waals surface area contributed by atoms with Crippen LogP contribution in [0.25, 0.3) is 10.9 Å². The first-order chi connectivity index (χ1) is 7.20. The van der Waals surface area contributed by atoms with E-state index in [1.54, 1.807) is 0 Å². The van der Waals surface area contributed by atoms with Crippen LogP contribution in [0.1, 0.15) is 11.1 Å². The highest BCUT2D eigenvalue weighted by Crippen LogP contribution is 2.21. The van der Waals surface area contributed by atoms with Gasteiger partial charge >= 0.3 is 0 Å². The van der Waals surface area contributed by atoms with E-state index in [9.17, 15) is 0 Å². The molecule has 2 aromatic rings. The summed E-state index contributed by atoms with van der Waals surface area (Å²) in [5.74, 6) is 0. The van der Waals surface area contributed by atoms with Gasteiger partial charge in [-0.1, -0.05) is 23.2 Å². The minimum atomic E-state index is 0.566. The molecule has 1 aromatic carbocycles. The van der Waals surface area contributed by atoms with E-state index < -0.39 is 0 Å². The number of nitrogens with zero attached hydrogens (tertiary/aromatic N) is 1. The van der Waals surface area contributed by atoms with Crippen LogP contribution in [0, 0.1) is 6.92 Å². The average molecular weight is 221 g/mol. The lowest BCUT2D eigenvalue weighted by atomic mass is 10.1. The molecule has 0 radical (unpaired) electrons. The Morgan fingerprint density at radius 2 is 2.13 bits per heavy atom. The van der Waals surface area contributed by atoms with Crippen LogP contribution < -0.4 is 5.73 Å². The normalized spacial score (nSPS) is 10.9. The quantitative estimate of drug-likeness (QED) is 0.791. The van der Waals surface area contributed by atoms with Crippen LogP contribution in [0.3, 0.4) is 0 Å². The second-order valence-electron chi connectivity index (χ2n) is 3.67. The van der Waals surface area contributed by atoms with Crippen LogP contribution in [-0.2, 0) is 6.42 Å². The van der Waals surface area contributed by atoms with Crippen molar-refractivity contribution in [2.24, 2.45) is 5.73 Å². The molecule has 0 aliphatic rings. The summed E-state index contributed by atoms with van der Waals surface area (Å²) in [5.41, 5.74) is 8.71. The van der Waals surface area contributed by atoms with Crippen LogP contribution in [0.15, 0.2) is 24.3 Å². The van der Waals surface area contributed by atoms with Crippen LogP contribution in [-0.4, -0.2) is 11.5 Å². The molecule has 0 fully saturated rings. The summed E-state index contributed by atoms with van der Waals surface area (Å²) in [7, 11) is 0. The summed E-state index contributed by atoms with van der Waals surface area (Å²) in [6, 6.07) is 8.21. The molecular formula is C12H13ClN2. The fourth-order valence-corrected chi connectivity index (χ4v) is 1.89. The van der Waals surface area contributed by atoms with E-state index in [1.165, 1.54) is 5.56 Å². The molecule has 0 saturated heterocycles. The van der Waals surface area contributed by atoms with Gasteiger partial charge in [-0.3, -0.25) is 0 Å². The summed E-state index contributed by atoms with van der Waals surface area (Å²) >= 11 is 6.06. The van der Waals surface area contributed by atoms with Gasteiger partial charge in [0.05, 0.1) is 5.52 Å². The number of benzene rings is 1. The molecule has 1 heterocycles. The number of fused-ring (bicyclic) bond motifs is 1. The third kappa shape index (κ3) is 2.11. The molecule has 3 heteroatoms. The minimum absolute atomic E-state index is 0.566. The van der Waals surface area contributed by atoms with Gasteiger partial charge in [0.15, 0.2) is 0 Å². The highest BCUT2D eigenvalue weighted by Gasteiger charge is 2.04. The maximum absolute atomic E-state index is 6.06. The molecule has 2 N–H and O–H groups in total. The second kappa shape index (κ2) is 4.17. The lowest BCUT2D eigenvalue weighted by Crippen LogP contribution is -2.03. The van der Waals surface area contributed by atoms with Crippen LogP contribution in [0.2, 0.25) is 5.15 Å². The number of rotatable bonds is 2. The summed E-state index contributed by atoms with van der Waals surface area (Å²) in [6.45, 7) is 2.66. The average Bonchev–Trinajstić information content (AvgIpc) is 2.20. The van der Waals surface area contributed by atoms with Crippen molar-refractivity contribution in [3.05, 3.63) is 40.5 Å². The SMILES string of the molecule is Cc1ccc2nc(Cl)c(CCN)cc2c1. The standard InChI is InChI=1S/C12H13ClN2/c1-8-2-3-11-10(6-8)7-9(4-5-14)12(13)15-11/h2-3,6-7H,4-5,14H2,1H3. The highest BCUT2D eigenvalue weighted by atomic mass is 35.5. The van der Waals surface area contributed by atoms with Gasteiger partial charge in [0.2, 0.25) is 0 Å². The van der Waals surface area contributed by atoms with Gasteiger partial charge in [0.25, 0.3) is 0 Å². The van der Waals surface area contributed by atoms with E-state index in [-0.39, 0.29) is 0 Å². The summed E-state index contributed by atoms with van der Waals surface area (Å²) in [4.78, 5) is 4.35. The second-order valence-corrected chi connectivity index (χ2v) is 4.03. The van der Waals surface area contributed by atoms with Gasteiger partial charge < -0.3 is 5.73 Å². The fourth-order valence-electron chi connectivity index (χ4n) is 1.65. The summed E-state index contributed by atoms with van der Waals surface area (Å²) in [5, 5.41) is 1.69. The Hall–Kier alpha value is -1.12. The van der Waals surface area contributed by atoms with E-state index >= 15 is 0 Å². The number of nitrogens with two attached hydrogens (primary N) is 1. The number of aryl methyl sites for hydroxylation is 1. The Balaban J connectivity index is 2.61. The van der Waals surface area contributed by atoms with E-state index in [2.05, 4.69) is 24.0 Å². The molecule has 0 aliphatic carbocycles. The number of hydrogen-bond acceptors (Lipinski definition) is 2. The van der Waals surface area contributed by atoms with Crippen molar-refractivity contribution in [3.8, 4) is 0 Å². The van der Waals surface area contributed by atoms with Gasteiger partial charge in [-0.25, -0.2) is 4.98 Å². The van der Waals surface area contributed by atoms with Gasteiger partial charge in [-0.2, -0.15) is 0 Å². The zero-order chi connectivity index (χ0) is 10.8. The van der Waals surface area contributed by atoms with Crippen molar-refractivity contribution < 1.29 is 0 Å². The molecule has 15 heavy (non-hydrogen) atoms. The predicted molar refractivity (Wildman–Crippen MR) is 64.2 cm³/mol. The van der Waals surface area contributed by atoms with Crippen molar-refractivity contribution in [2.45, 2.75) is 13.3 Å². The zero-order valence-corrected chi connectivity index (χ0v) is 9.38. The van der Waals surface area contributed by atoms with Crippen molar-refractivity contribution in [1.29, 1.82) is 0 Å². The smallest absolute Gasteiger partial charge is 0.133 e. The lowest BCUT2D eigenvalue weighted by molar-refractivity contribution is 0.963. The third-order valence-corrected chi connectivity index (χ3v) is 2.74. The van der Waals surface area contributed by atoms with Gasteiger partial charge in [0, 0.05) is 5.39 Å². The van der Waals surface area contributed by atoms with E-state index in [0.29, 0.717) is 11.7 Å². The Morgan fingerprint density at radius 3 is 2.87 bits per heavy atom. The topological polar surface area (TPSA) is 38.9 Å². The molecule has 78 valence electrons. The molecule has 0 amide bonds. The van der Waals surface area contributed by atoms with Crippen LogP contribution >= 0.6 is 11.6 Å². The maximum atomic E-state index is 6.06. The third-order valence-electron chi connectivity index (χ3n) is 2.41. The van der Waals surface area contributed by atoms with Crippen LogP contribution in [0.5, 0.6) is 0 Å². The molecular weight excluding hydrogens is 208 g/mol. The van der Waals surface area contributed by atoms with E-state index in [0.717, 1.165) is 22.9 Å². The molecule has 1 aromatic heterocycles. The molecule has 0 saturated carbocycles. The number of hydrogen-bond donors (Lipinski definition) is 1. The fraction of sp³-hybridized carbons (Fsp3) is 0.250. The Morgan fingerprint density at radius 1 is 1.33 bits per heavy atom. The van der Waals surface area contributed by atoms with Crippen LogP contribution in [0.4, 0.5) is 0 Å². The van der Waals surface area contributed by atoms with Crippen molar-refractivity contribution in [2.75, 3.05) is 6.54 Å². The van der Waals surface area contributed by atoms with Gasteiger partial charge in [0.1, 0.15) is 5.15 Å². The van der Waals surface area contributed by atoms with Gasteiger partial charge in [-0.05, 0) is 43.7 Å². The molecule has 0 bridgehead atoms. The lowest BCUT2D eigenvalue weighted by Gasteiger charge is -2.05. The molecule has 0 spiro atoms. The predicted octanol–water partition coefficient (Wildman–Crippen LogP) is 2.70. The summed E-state index contributed by atoms with van der Waals surface area (Å²) in [6.07, 6.45) is 0.774. The molecule has 0 unspecified atom stereocenters. The first kappa shape index (κ1) is 10.4. The summed E-state index contributed by atoms with van der Waals surface area (Å²) < 4.78 is 0. The minimum Gasteiger partial charge on any atom is -0.330 e. The molecule has 2 nitrogen and oxygen atoms in total. The van der Waals surface area contributed by atoms with E-state index in [1.807, 2.05) is 12.1 Å². The van der Waals surface area contributed by atoms with Crippen molar-refractivity contribution in [3.63, 3.8) is 0 Å². The highest BCUT2D eigenvalue weighted by molar-refractivity contribution is 6.30. The molecule has 0 atom stereocenters. The Kier molecular flexibility index (Phi) is 2.89. The Labute approximate surface area is 94.1 Å². The maximum Gasteiger partial charge on any atom is 0.133 e. The van der Waals surface area contributed by atoms with Gasteiger partial charge in [-0.15, -0.1) is 0 Å². The van der Waals surface area contributed by atoms with E-state index in [4.69, 9.17) is 17.3 Å².